The average molecular weight is 336 g/mol. The molecular weight excluding hydrogens is 323 g/mol. The van der Waals surface area contributed by atoms with Gasteiger partial charge in [0.25, 0.3) is 0 Å². The van der Waals surface area contributed by atoms with Crippen LogP contribution in [0, 0.1) is 5.82 Å². The molecule has 23 heavy (non-hydrogen) atoms. The van der Waals surface area contributed by atoms with Gasteiger partial charge in [-0.3, -0.25) is 0 Å². The van der Waals surface area contributed by atoms with Crippen LogP contribution in [0.5, 0.6) is 0 Å². The molecule has 1 aromatic heterocycles. The molecule has 0 amide bonds. The molecule has 3 N–H and O–H groups in total. The van der Waals surface area contributed by atoms with Gasteiger partial charge in [0, 0.05) is 5.92 Å². The highest BCUT2D eigenvalue weighted by atomic mass is 32.2. The number of carbonyl (C=O) groups is 1. The molecule has 0 unspecified atom stereocenters. The number of hydrogen-bond acceptors (Lipinski definition) is 5. The van der Waals surface area contributed by atoms with Crippen molar-refractivity contribution in [3.8, 4) is 0 Å². The molecule has 1 aromatic carbocycles. The molecule has 0 aliphatic heterocycles. The zero-order chi connectivity index (χ0) is 16.8. The van der Waals surface area contributed by atoms with Gasteiger partial charge in [0.15, 0.2) is 5.69 Å². The maximum absolute atomic E-state index is 13.0. The molecule has 1 fully saturated rings. The summed E-state index contributed by atoms with van der Waals surface area (Å²) < 4.78 is 38.5. The standard InChI is InChI=1S/C15H13FN2O4S/c16-9-3-5-10(6-4-9)23(21,22)12-7-11(17)14(15(19)20)18-13(12)8-1-2-8/h3-8H,1-2,17H2,(H,19,20). The van der Waals surface area contributed by atoms with E-state index in [1.165, 1.54) is 0 Å². The summed E-state index contributed by atoms with van der Waals surface area (Å²) in [5, 5.41) is 9.10. The van der Waals surface area contributed by atoms with E-state index in [1.54, 1.807) is 0 Å². The van der Waals surface area contributed by atoms with Crippen LogP contribution in [0.15, 0.2) is 40.1 Å². The summed E-state index contributed by atoms with van der Waals surface area (Å²) in [5.74, 6) is -1.96. The molecule has 0 atom stereocenters. The highest BCUT2D eigenvalue weighted by Crippen LogP contribution is 2.43. The van der Waals surface area contributed by atoms with Gasteiger partial charge in [-0.15, -0.1) is 0 Å². The minimum Gasteiger partial charge on any atom is -0.476 e. The fourth-order valence-corrected chi connectivity index (χ4v) is 3.82. The third-order valence-corrected chi connectivity index (χ3v) is 5.42. The number of pyridine rings is 1. The van der Waals surface area contributed by atoms with E-state index in [-0.39, 0.29) is 32.8 Å². The molecule has 3 rings (SSSR count). The lowest BCUT2D eigenvalue weighted by Crippen LogP contribution is -2.13. The first-order chi connectivity index (χ1) is 10.8. The van der Waals surface area contributed by atoms with Gasteiger partial charge in [-0.1, -0.05) is 0 Å². The Morgan fingerprint density at radius 1 is 1.26 bits per heavy atom. The molecule has 120 valence electrons. The summed E-state index contributed by atoms with van der Waals surface area (Å²) >= 11 is 0. The van der Waals surface area contributed by atoms with Crippen molar-refractivity contribution in [1.82, 2.24) is 4.98 Å². The van der Waals surface area contributed by atoms with E-state index in [0.717, 1.165) is 43.2 Å². The second-order valence-corrected chi connectivity index (χ2v) is 7.26. The van der Waals surface area contributed by atoms with Crippen molar-refractivity contribution in [2.45, 2.75) is 28.6 Å². The minimum atomic E-state index is -3.96. The minimum absolute atomic E-state index is 0.0925. The van der Waals surface area contributed by atoms with Crippen LogP contribution < -0.4 is 5.73 Å². The number of aromatic carboxylic acids is 1. The predicted octanol–water partition coefficient (Wildman–Crippen LogP) is 2.21. The van der Waals surface area contributed by atoms with Crippen molar-refractivity contribution in [2.24, 2.45) is 0 Å². The van der Waals surface area contributed by atoms with Crippen LogP contribution in [0.4, 0.5) is 10.1 Å². The quantitative estimate of drug-likeness (QED) is 0.828. The highest BCUT2D eigenvalue weighted by Gasteiger charge is 2.34. The number of carboxylic acids is 1. The molecular formula is C15H13FN2O4S. The molecule has 6 nitrogen and oxygen atoms in total. The van der Waals surface area contributed by atoms with Crippen LogP contribution >= 0.6 is 0 Å². The largest absolute Gasteiger partial charge is 0.476 e. The summed E-state index contributed by atoms with van der Waals surface area (Å²) in [5.41, 5.74) is 5.28. The molecule has 1 saturated carbocycles. The number of rotatable bonds is 4. The van der Waals surface area contributed by atoms with Gasteiger partial charge in [0.1, 0.15) is 5.82 Å². The molecule has 1 heterocycles. The first kappa shape index (κ1) is 15.4. The first-order valence-electron chi connectivity index (χ1n) is 6.85. The van der Waals surface area contributed by atoms with Gasteiger partial charge >= 0.3 is 5.97 Å². The van der Waals surface area contributed by atoms with Gasteiger partial charge < -0.3 is 10.8 Å². The van der Waals surface area contributed by atoms with Crippen molar-refractivity contribution >= 4 is 21.5 Å². The van der Waals surface area contributed by atoms with E-state index in [9.17, 15) is 17.6 Å². The van der Waals surface area contributed by atoms with E-state index >= 15 is 0 Å². The van der Waals surface area contributed by atoms with Gasteiger partial charge in [-0.05, 0) is 43.2 Å². The van der Waals surface area contributed by atoms with Crippen LogP contribution in [-0.2, 0) is 9.84 Å². The topological polar surface area (TPSA) is 110 Å². The van der Waals surface area contributed by atoms with Gasteiger partial charge in [-0.25, -0.2) is 22.6 Å². The summed E-state index contributed by atoms with van der Waals surface area (Å²) in [6.07, 6.45) is 1.48. The number of nitrogens with zero attached hydrogens (tertiary/aromatic N) is 1. The summed E-state index contributed by atoms with van der Waals surface area (Å²) in [4.78, 5) is 14.9. The smallest absolute Gasteiger partial charge is 0.356 e. The van der Waals surface area contributed by atoms with Crippen molar-refractivity contribution in [1.29, 1.82) is 0 Å². The Morgan fingerprint density at radius 2 is 1.87 bits per heavy atom. The zero-order valence-electron chi connectivity index (χ0n) is 11.9. The fraction of sp³-hybridized carbons (Fsp3) is 0.200. The molecule has 2 aromatic rings. The number of halogens is 1. The molecule has 0 radical (unpaired) electrons. The third kappa shape index (κ3) is 2.77. The maximum atomic E-state index is 13.0. The van der Waals surface area contributed by atoms with E-state index in [0.29, 0.717) is 0 Å². The van der Waals surface area contributed by atoms with Crippen LogP contribution in [0.2, 0.25) is 0 Å². The average Bonchev–Trinajstić information content (AvgIpc) is 3.31. The molecule has 0 bridgehead atoms. The number of nitrogens with two attached hydrogens (primary N) is 1. The number of anilines is 1. The molecule has 1 aliphatic carbocycles. The van der Waals surface area contributed by atoms with Crippen LogP contribution in [0.25, 0.3) is 0 Å². The van der Waals surface area contributed by atoms with E-state index in [2.05, 4.69) is 4.98 Å². The lowest BCUT2D eigenvalue weighted by atomic mass is 10.2. The number of benzene rings is 1. The first-order valence-corrected chi connectivity index (χ1v) is 8.33. The number of sulfone groups is 1. The Labute approximate surface area is 131 Å². The summed E-state index contributed by atoms with van der Waals surface area (Å²) in [6.45, 7) is 0. The van der Waals surface area contributed by atoms with Crippen LogP contribution in [0.1, 0.15) is 34.9 Å². The Kier molecular flexibility index (Phi) is 3.56. The third-order valence-electron chi connectivity index (χ3n) is 3.62. The Hall–Kier alpha value is -2.48. The fourth-order valence-electron chi connectivity index (χ4n) is 2.30. The lowest BCUT2D eigenvalue weighted by molar-refractivity contribution is 0.0691. The maximum Gasteiger partial charge on any atom is 0.356 e. The van der Waals surface area contributed by atoms with Crippen molar-refractivity contribution in [3.05, 3.63) is 47.5 Å². The number of aromatic nitrogens is 1. The highest BCUT2D eigenvalue weighted by molar-refractivity contribution is 7.91. The SMILES string of the molecule is Nc1cc(S(=O)(=O)c2ccc(F)cc2)c(C2CC2)nc1C(=O)O. The second-order valence-electron chi connectivity index (χ2n) is 5.35. The van der Waals surface area contributed by atoms with E-state index in [1.807, 2.05) is 0 Å². The van der Waals surface area contributed by atoms with Gasteiger partial charge in [0.05, 0.1) is 21.2 Å². The second kappa shape index (κ2) is 5.31. The molecule has 1 aliphatic rings. The molecule has 0 saturated heterocycles. The number of carboxylic acid groups (broad SMARTS) is 1. The van der Waals surface area contributed by atoms with Crippen molar-refractivity contribution < 1.29 is 22.7 Å². The lowest BCUT2D eigenvalue weighted by Gasteiger charge is -2.12. The van der Waals surface area contributed by atoms with E-state index < -0.39 is 21.6 Å². The van der Waals surface area contributed by atoms with Crippen LogP contribution in [0.3, 0.4) is 0 Å². The molecule has 8 heteroatoms. The zero-order valence-corrected chi connectivity index (χ0v) is 12.7. The monoisotopic (exact) mass is 336 g/mol. The van der Waals surface area contributed by atoms with Crippen LogP contribution in [-0.4, -0.2) is 24.5 Å². The van der Waals surface area contributed by atoms with Crippen molar-refractivity contribution in [3.63, 3.8) is 0 Å². The van der Waals surface area contributed by atoms with E-state index in [4.69, 9.17) is 10.8 Å². The predicted molar refractivity (Wildman–Crippen MR) is 79.4 cm³/mol. The summed E-state index contributed by atoms with van der Waals surface area (Å²) in [7, 11) is -3.96. The number of hydrogen-bond donors (Lipinski definition) is 2. The summed E-state index contributed by atoms with van der Waals surface area (Å²) in [6, 6.07) is 5.53. The normalized spacial score (nSPS) is 14.7. The molecule has 0 spiro atoms. The van der Waals surface area contributed by atoms with Gasteiger partial charge in [-0.2, -0.15) is 0 Å². The number of nitrogen functional groups attached to an aromatic ring is 1. The Morgan fingerprint density at radius 3 is 2.39 bits per heavy atom. The Balaban J connectivity index is 2.20. The van der Waals surface area contributed by atoms with Gasteiger partial charge in [0.2, 0.25) is 9.84 Å². The van der Waals surface area contributed by atoms with Crippen molar-refractivity contribution in [2.75, 3.05) is 5.73 Å². The Bertz CT molecular complexity index is 890.